The molecule has 1 aromatic carbocycles. The molecule has 0 spiro atoms. The van der Waals surface area contributed by atoms with Crippen LogP contribution in [0.1, 0.15) is 52.8 Å². The molecule has 0 fully saturated rings. The van der Waals surface area contributed by atoms with E-state index in [4.69, 9.17) is 15.2 Å². The van der Waals surface area contributed by atoms with Gasteiger partial charge in [-0.3, -0.25) is 0 Å². The molecule has 0 aliphatic heterocycles. The van der Waals surface area contributed by atoms with Crippen molar-refractivity contribution in [2.24, 2.45) is 0 Å². The van der Waals surface area contributed by atoms with Crippen LogP contribution in [0, 0.1) is 19.7 Å². The summed E-state index contributed by atoms with van der Waals surface area (Å²) >= 11 is 0. The third-order valence-electron chi connectivity index (χ3n) is 4.69. The van der Waals surface area contributed by atoms with Gasteiger partial charge in [-0.15, -0.1) is 5.10 Å². The molecule has 10 nitrogen and oxygen atoms in total. The van der Waals surface area contributed by atoms with Crippen LogP contribution < -0.4 is 10.6 Å². The molecule has 3 rings (SSSR count). The minimum atomic E-state index is -0.941. The fraction of sp³-hybridized carbons (Fsp3) is 0.400. The smallest absolute Gasteiger partial charge is 0.435 e. The second-order valence-corrected chi connectivity index (χ2v) is 10.3. The van der Waals surface area contributed by atoms with Gasteiger partial charge in [0.25, 0.3) is 0 Å². The third-order valence-corrected chi connectivity index (χ3v) is 4.69. The van der Waals surface area contributed by atoms with Gasteiger partial charge >= 0.3 is 12.2 Å². The van der Waals surface area contributed by atoms with Gasteiger partial charge in [-0.05, 0) is 73.1 Å². The third kappa shape index (κ3) is 6.15. The molecule has 0 bridgehead atoms. The van der Waals surface area contributed by atoms with Gasteiger partial charge in [0.05, 0.1) is 11.9 Å². The SMILES string of the molecule is Cc1ccc(N)cc1-c1ncc(F)c(N(C(=O)OC(C)(C)C)c2cc(C)n(C(=O)OC(C)(C)C)n2)n1. The van der Waals surface area contributed by atoms with E-state index in [1.54, 1.807) is 66.7 Å². The molecule has 11 heteroatoms. The van der Waals surface area contributed by atoms with Crippen LogP contribution in [0.25, 0.3) is 11.4 Å². The number of aryl methyl sites for hydroxylation is 2. The monoisotopic (exact) mass is 498 g/mol. The Bertz CT molecular complexity index is 1310. The van der Waals surface area contributed by atoms with Crippen LogP contribution in [0.3, 0.4) is 0 Å². The summed E-state index contributed by atoms with van der Waals surface area (Å²) in [5.74, 6) is -1.23. The molecule has 0 saturated carbocycles. The second-order valence-electron chi connectivity index (χ2n) is 10.3. The molecule has 3 aromatic rings. The highest BCUT2D eigenvalue weighted by Crippen LogP contribution is 2.31. The summed E-state index contributed by atoms with van der Waals surface area (Å²) in [6.07, 6.45) is -0.742. The van der Waals surface area contributed by atoms with Crippen LogP contribution in [0.4, 0.5) is 31.3 Å². The Morgan fingerprint density at radius 2 is 1.67 bits per heavy atom. The van der Waals surface area contributed by atoms with Crippen LogP contribution in [0.2, 0.25) is 0 Å². The lowest BCUT2D eigenvalue weighted by Crippen LogP contribution is -2.35. The summed E-state index contributed by atoms with van der Waals surface area (Å²) in [6, 6.07) is 6.60. The lowest BCUT2D eigenvalue weighted by molar-refractivity contribution is 0.0506. The van der Waals surface area contributed by atoms with Gasteiger partial charge in [-0.2, -0.15) is 4.68 Å². The van der Waals surface area contributed by atoms with Gasteiger partial charge in [0.2, 0.25) is 0 Å². The maximum atomic E-state index is 15.2. The molecule has 0 aliphatic rings. The van der Waals surface area contributed by atoms with E-state index in [1.165, 1.54) is 6.07 Å². The van der Waals surface area contributed by atoms with E-state index in [2.05, 4.69) is 15.1 Å². The van der Waals surface area contributed by atoms with Gasteiger partial charge in [-0.25, -0.2) is 28.8 Å². The summed E-state index contributed by atoms with van der Waals surface area (Å²) in [4.78, 5) is 35.2. The minimum absolute atomic E-state index is 0.0829. The van der Waals surface area contributed by atoms with E-state index < -0.39 is 35.0 Å². The van der Waals surface area contributed by atoms with Crippen LogP contribution >= 0.6 is 0 Å². The first-order valence-electron chi connectivity index (χ1n) is 11.3. The molecular formula is C25H31FN6O4. The highest BCUT2D eigenvalue weighted by molar-refractivity contribution is 5.94. The van der Waals surface area contributed by atoms with Crippen molar-refractivity contribution in [1.82, 2.24) is 19.7 Å². The standard InChI is InChI=1S/C25H31FN6O4/c1-14-9-10-16(27)12-17(14)20-28-13-18(26)21(29-20)31(22(33)35-24(3,4)5)19-11-15(2)32(30-19)23(34)36-25(6,7)8/h9-13H,27H2,1-8H3. The molecule has 0 radical (unpaired) electrons. The summed E-state index contributed by atoms with van der Waals surface area (Å²) in [5.41, 5.74) is 6.44. The van der Waals surface area contributed by atoms with E-state index in [1.807, 2.05) is 6.92 Å². The van der Waals surface area contributed by atoms with Crippen molar-refractivity contribution in [2.45, 2.75) is 66.6 Å². The number of hydrogen-bond donors (Lipinski definition) is 1. The number of carbonyl (C=O) groups is 2. The maximum absolute atomic E-state index is 15.2. The number of rotatable bonds is 3. The first-order chi connectivity index (χ1) is 16.6. The van der Waals surface area contributed by atoms with Gasteiger partial charge in [0.1, 0.15) is 11.2 Å². The molecule has 2 aromatic heterocycles. The normalized spacial score (nSPS) is 11.8. The van der Waals surface area contributed by atoms with E-state index in [0.717, 1.165) is 21.3 Å². The quantitative estimate of drug-likeness (QED) is 0.467. The largest absolute Gasteiger partial charge is 0.443 e. The molecular weight excluding hydrogens is 467 g/mol. The molecule has 0 unspecified atom stereocenters. The number of nitrogens with two attached hydrogens (primary N) is 1. The molecule has 2 heterocycles. The highest BCUT2D eigenvalue weighted by Gasteiger charge is 2.32. The number of anilines is 3. The number of halogens is 1. The van der Waals surface area contributed by atoms with E-state index >= 15 is 4.39 Å². The van der Waals surface area contributed by atoms with Crippen molar-refractivity contribution < 1.29 is 23.5 Å². The predicted octanol–water partition coefficient (Wildman–Crippen LogP) is 5.53. The molecule has 2 N–H and O–H groups in total. The Balaban J connectivity index is 2.17. The van der Waals surface area contributed by atoms with E-state index in [0.29, 0.717) is 16.9 Å². The number of nitrogens with zero attached hydrogens (tertiary/aromatic N) is 5. The van der Waals surface area contributed by atoms with Gasteiger partial charge in [0.15, 0.2) is 23.3 Å². The Kier molecular flexibility index (Phi) is 7.06. The zero-order chi connectivity index (χ0) is 27.0. The average Bonchev–Trinajstić information content (AvgIpc) is 3.10. The summed E-state index contributed by atoms with van der Waals surface area (Å²) in [7, 11) is 0. The van der Waals surface area contributed by atoms with Crippen LogP contribution in [0.15, 0.2) is 30.5 Å². The second kappa shape index (κ2) is 9.56. The molecule has 36 heavy (non-hydrogen) atoms. The highest BCUT2D eigenvalue weighted by atomic mass is 19.1. The lowest BCUT2D eigenvalue weighted by Gasteiger charge is -2.25. The molecule has 192 valence electrons. The number of benzene rings is 1. The molecule has 0 aliphatic carbocycles. The predicted molar refractivity (Wildman–Crippen MR) is 134 cm³/mol. The zero-order valence-corrected chi connectivity index (χ0v) is 21.7. The number of amides is 1. The Labute approximate surface area is 209 Å². The number of ether oxygens (including phenoxy) is 2. The molecule has 0 saturated heterocycles. The first-order valence-corrected chi connectivity index (χ1v) is 11.3. The number of aromatic nitrogens is 4. The van der Waals surface area contributed by atoms with E-state index in [-0.39, 0.29) is 11.6 Å². The summed E-state index contributed by atoms with van der Waals surface area (Å²) < 4.78 is 27.0. The lowest BCUT2D eigenvalue weighted by atomic mass is 10.1. The number of nitrogen functional groups attached to an aromatic ring is 1. The molecule has 1 amide bonds. The molecule has 0 atom stereocenters. The van der Waals surface area contributed by atoms with Crippen LogP contribution in [-0.2, 0) is 9.47 Å². The van der Waals surface area contributed by atoms with Crippen molar-refractivity contribution in [2.75, 3.05) is 10.6 Å². The minimum Gasteiger partial charge on any atom is -0.443 e. The van der Waals surface area contributed by atoms with Crippen molar-refractivity contribution in [3.63, 3.8) is 0 Å². The maximum Gasteiger partial charge on any atom is 0.435 e. The van der Waals surface area contributed by atoms with E-state index in [9.17, 15) is 9.59 Å². The van der Waals surface area contributed by atoms with Crippen molar-refractivity contribution in [3.8, 4) is 11.4 Å². The Hall–Kier alpha value is -4.02. The summed E-state index contributed by atoms with van der Waals surface area (Å²) in [6.45, 7) is 13.6. The fourth-order valence-electron chi connectivity index (χ4n) is 3.18. The average molecular weight is 499 g/mol. The van der Waals surface area contributed by atoms with Crippen molar-refractivity contribution >= 4 is 29.5 Å². The van der Waals surface area contributed by atoms with Crippen LogP contribution in [0.5, 0.6) is 0 Å². The number of carbonyl (C=O) groups excluding carboxylic acids is 2. The Morgan fingerprint density at radius 3 is 2.28 bits per heavy atom. The van der Waals surface area contributed by atoms with Crippen molar-refractivity contribution in [1.29, 1.82) is 0 Å². The Morgan fingerprint density at radius 1 is 1.03 bits per heavy atom. The topological polar surface area (TPSA) is 125 Å². The van der Waals surface area contributed by atoms with Gasteiger partial charge in [-0.1, -0.05) is 6.07 Å². The fourth-order valence-corrected chi connectivity index (χ4v) is 3.18. The number of hydrogen-bond acceptors (Lipinski definition) is 8. The van der Waals surface area contributed by atoms with Gasteiger partial charge in [0, 0.05) is 17.3 Å². The van der Waals surface area contributed by atoms with Crippen molar-refractivity contribution in [3.05, 3.63) is 47.5 Å². The first kappa shape index (κ1) is 26.6. The van der Waals surface area contributed by atoms with Crippen LogP contribution in [-0.4, -0.2) is 43.1 Å². The van der Waals surface area contributed by atoms with Gasteiger partial charge < -0.3 is 15.2 Å². The zero-order valence-electron chi connectivity index (χ0n) is 21.7. The summed E-state index contributed by atoms with van der Waals surface area (Å²) in [5, 5.41) is 4.22.